The second-order valence-electron chi connectivity index (χ2n) is 7.21. The van der Waals surface area contributed by atoms with E-state index in [1.54, 1.807) is 23.0 Å². The topological polar surface area (TPSA) is 111 Å². The summed E-state index contributed by atoms with van der Waals surface area (Å²) in [5.41, 5.74) is 3.33. The van der Waals surface area contributed by atoms with Gasteiger partial charge in [0.2, 0.25) is 0 Å². The Morgan fingerprint density at radius 3 is 2.55 bits per heavy atom. The Labute approximate surface area is 193 Å². The fourth-order valence-corrected chi connectivity index (χ4v) is 5.03. The fourth-order valence-electron chi connectivity index (χ4n) is 3.45. The van der Waals surface area contributed by atoms with E-state index in [1.165, 1.54) is 49.8 Å². The van der Waals surface area contributed by atoms with Gasteiger partial charge in [-0.1, -0.05) is 0 Å². The number of hydrogen-bond acceptors (Lipinski definition) is 8. The lowest BCUT2D eigenvalue weighted by Gasteiger charge is -2.18. The van der Waals surface area contributed by atoms with Gasteiger partial charge in [0.15, 0.2) is 15.2 Å². The van der Waals surface area contributed by atoms with Crippen LogP contribution in [0.4, 0.5) is 10.1 Å². The van der Waals surface area contributed by atoms with Crippen molar-refractivity contribution >= 4 is 43.7 Å². The molecule has 4 rings (SSSR count). The number of ether oxygens (including phenoxy) is 1. The number of benzene rings is 2. The Morgan fingerprint density at radius 2 is 1.97 bits per heavy atom. The normalized spacial score (nSPS) is 12.5. The number of thiazole rings is 1. The van der Waals surface area contributed by atoms with Crippen LogP contribution in [0.25, 0.3) is 22.3 Å². The first-order chi connectivity index (χ1) is 15.7. The van der Waals surface area contributed by atoms with Crippen LogP contribution < -0.4 is 15.4 Å². The summed E-state index contributed by atoms with van der Waals surface area (Å²) in [4.78, 5) is 16.8. The van der Waals surface area contributed by atoms with Crippen LogP contribution in [0.2, 0.25) is 0 Å². The molecule has 2 heterocycles. The fraction of sp³-hybridized carbons (Fsp3) is 0.182. The number of hydrogen-bond donors (Lipinski definition) is 2. The molecule has 0 saturated carbocycles. The van der Waals surface area contributed by atoms with Gasteiger partial charge in [0, 0.05) is 35.7 Å². The zero-order valence-corrected chi connectivity index (χ0v) is 19.5. The summed E-state index contributed by atoms with van der Waals surface area (Å²) in [7, 11) is -0.655. The van der Waals surface area contributed by atoms with Crippen molar-refractivity contribution in [1.82, 2.24) is 10.3 Å². The molecule has 2 aromatic carbocycles. The minimum atomic E-state index is -3.58. The number of methoxy groups -OCH3 is 1. The van der Waals surface area contributed by atoms with Crippen molar-refractivity contribution in [2.75, 3.05) is 25.7 Å². The van der Waals surface area contributed by atoms with Crippen LogP contribution in [0.5, 0.6) is 5.75 Å². The molecule has 1 amide bonds. The number of sulfone groups is 1. The van der Waals surface area contributed by atoms with E-state index in [-0.39, 0.29) is 11.3 Å². The number of nitrogens with zero attached hydrogens (tertiary/aromatic N) is 1. The molecule has 0 aliphatic carbocycles. The van der Waals surface area contributed by atoms with Crippen LogP contribution in [0.1, 0.15) is 21.4 Å². The molecule has 4 aromatic rings. The highest BCUT2D eigenvalue weighted by molar-refractivity contribution is 7.91. The molecule has 8 nitrogen and oxygen atoms in total. The van der Waals surface area contributed by atoms with Gasteiger partial charge < -0.3 is 19.8 Å². The van der Waals surface area contributed by atoms with E-state index in [0.29, 0.717) is 33.7 Å². The highest BCUT2D eigenvalue weighted by Gasteiger charge is 2.28. The average molecular weight is 490 g/mol. The smallest absolute Gasteiger partial charge is 0.255 e. The molecule has 33 heavy (non-hydrogen) atoms. The molecular weight excluding hydrogens is 469 g/mol. The number of furan rings is 1. The number of halogens is 1. The van der Waals surface area contributed by atoms with Crippen molar-refractivity contribution in [1.29, 1.82) is 0 Å². The number of anilines is 1. The Morgan fingerprint density at radius 1 is 1.24 bits per heavy atom. The van der Waals surface area contributed by atoms with Crippen molar-refractivity contribution in [3.8, 4) is 17.1 Å². The summed E-state index contributed by atoms with van der Waals surface area (Å²) in [6, 6.07) is 8.73. The van der Waals surface area contributed by atoms with E-state index in [4.69, 9.17) is 9.15 Å². The Kier molecular flexibility index (Phi) is 6.09. The summed E-state index contributed by atoms with van der Waals surface area (Å²) in [5, 5.41) is 6.55. The maximum absolute atomic E-state index is 13.4. The average Bonchev–Trinajstić information content (AvgIpc) is 3.43. The number of fused-ring (bicyclic) bond motifs is 1. The number of rotatable bonds is 7. The molecule has 0 aliphatic heterocycles. The highest BCUT2D eigenvalue weighted by Crippen LogP contribution is 2.40. The molecule has 0 fully saturated rings. The van der Waals surface area contributed by atoms with Gasteiger partial charge >= 0.3 is 0 Å². The first-order valence-corrected chi connectivity index (χ1v) is 12.6. The van der Waals surface area contributed by atoms with E-state index in [9.17, 15) is 17.6 Å². The minimum Gasteiger partial charge on any atom is -0.495 e. The van der Waals surface area contributed by atoms with E-state index in [2.05, 4.69) is 15.6 Å². The maximum atomic E-state index is 13.4. The second kappa shape index (κ2) is 8.83. The summed E-state index contributed by atoms with van der Waals surface area (Å²) >= 11 is 1.28. The van der Waals surface area contributed by atoms with Gasteiger partial charge in [-0.05, 0) is 30.3 Å². The standard InChI is InChI=1S/C22H20FN3O5S2/c1-24-21(27)19-14-8-18(30-2)15(26-22(33(3,28)29)16-10-32-11-25-16)9-17(14)31-20(19)12-4-6-13(23)7-5-12/h4-11,22,26H,1-3H3,(H,24,27). The van der Waals surface area contributed by atoms with Gasteiger partial charge in [-0.15, -0.1) is 11.3 Å². The van der Waals surface area contributed by atoms with Gasteiger partial charge in [0.05, 0.1) is 29.6 Å². The van der Waals surface area contributed by atoms with Crippen molar-refractivity contribution < 1.29 is 26.8 Å². The molecule has 0 radical (unpaired) electrons. The Balaban J connectivity index is 1.89. The predicted molar refractivity (Wildman–Crippen MR) is 125 cm³/mol. The third kappa shape index (κ3) is 4.41. The molecule has 0 aliphatic rings. The Bertz CT molecular complexity index is 1410. The van der Waals surface area contributed by atoms with Gasteiger partial charge in [-0.3, -0.25) is 4.79 Å². The number of amides is 1. The molecule has 2 N–H and O–H groups in total. The Hall–Kier alpha value is -3.44. The van der Waals surface area contributed by atoms with Gasteiger partial charge in [-0.25, -0.2) is 17.8 Å². The zero-order valence-electron chi connectivity index (χ0n) is 17.9. The highest BCUT2D eigenvalue weighted by atomic mass is 32.2. The number of aromatic nitrogens is 1. The van der Waals surface area contributed by atoms with Crippen LogP contribution >= 0.6 is 11.3 Å². The maximum Gasteiger partial charge on any atom is 0.255 e. The molecule has 0 bridgehead atoms. The molecular formula is C22H20FN3O5S2. The number of carbonyl (C=O) groups is 1. The lowest BCUT2D eigenvalue weighted by atomic mass is 10.0. The zero-order chi connectivity index (χ0) is 23.8. The van der Waals surface area contributed by atoms with Crippen LogP contribution in [0, 0.1) is 5.82 Å². The summed E-state index contributed by atoms with van der Waals surface area (Å²) < 4.78 is 49.8. The number of nitrogens with one attached hydrogen (secondary N) is 2. The molecule has 11 heteroatoms. The van der Waals surface area contributed by atoms with Crippen molar-refractivity contribution in [2.24, 2.45) is 0 Å². The van der Waals surface area contributed by atoms with E-state index in [1.807, 2.05) is 0 Å². The van der Waals surface area contributed by atoms with Crippen LogP contribution in [-0.4, -0.2) is 39.7 Å². The first kappa shape index (κ1) is 22.7. The van der Waals surface area contributed by atoms with E-state index >= 15 is 0 Å². The number of carbonyl (C=O) groups excluding carboxylic acids is 1. The third-order valence-corrected chi connectivity index (χ3v) is 6.83. The van der Waals surface area contributed by atoms with Crippen LogP contribution in [0.3, 0.4) is 0 Å². The molecule has 0 saturated heterocycles. The SMILES string of the molecule is CNC(=O)c1c(-c2ccc(F)cc2)oc2cc(NC(c3cscn3)S(C)(=O)=O)c(OC)cc12. The van der Waals surface area contributed by atoms with E-state index in [0.717, 1.165) is 6.26 Å². The summed E-state index contributed by atoms with van der Waals surface area (Å²) in [6.45, 7) is 0. The molecule has 2 aromatic heterocycles. The van der Waals surface area contributed by atoms with E-state index < -0.39 is 26.9 Å². The predicted octanol–water partition coefficient (Wildman–Crippen LogP) is 4.22. The third-order valence-electron chi connectivity index (χ3n) is 5.01. The van der Waals surface area contributed by atoms with Crippen molar-refractivity contribution in [2.45, 2.75) is 5.37 Å². The summed E-state index contributed by atoms with van der Waals surface area (Å²) in [6.07, 6.45) is 1.11. The monoisotopic (exact) mass is 489 g/mol. The quantitative estimate of drug-likeness (QED) is 0.400. The summed E-state index contributed by atoms with van der Waals surface area (Å²) in [5.74, 6) is -0.253. The van der Waals surface area contributed by atoms with Crippen LogP contribution in [0.15, 0.2) is 51.7 Å². The lowest BCUT2D eigenvalue weighted by Crippen LogP contribution is -2.21. The molecule has 172 valence electrons. The largest absolute Gasteiger partial charge is 0.495 e. The first-order valence-electron chi connectivity index (χ1n) is 9.69. The van der Waals surface area contributed by atoms with Crippen molar-refractivity contribution in [3.05, 3.63) is 64.4 Å². The van der Waals surface area contributed by atoms with Crippen LogP contribution in [-0.2, 0) is 9.84 Å². The molecule has 1 atom stereocenters. The van der Waals surface area contributed by atoms with Gasteiger partial charge in [0.1, 0.15) is 22.9 Å². The second-order valence-corrected chi connectivity index (χ2v) is 10.1. The van der Waals surface area contributed by atoms with Crippen molar-refractivity contribution in [3.63, 3.8) is 0 Å². The van der Waals surface area contributed by atoms with Gasteiger partial charge in [-0.2, -0.15) is 0 Å². The lowest BCUT2D eigenvalue weighted by molar-refractivity contribution is 0.0964. The molecule has 0 spiro atoms. The minimum absolute atomic E-state index is 0.253. The molecule has 1 unspecified atom stereocenters. The van der Waals surface area contributed by atoms with Gasteiger partial charge in [0.25, 0.3) is 5.91 Å².